The number of aromatic nitrogens is 2. The summed E-state index contributed by atoms with van der Waals surface area (Å²) in [6, 6.07) is 8.43. The van der Waals surface area contributed by atoms with Crippen LogP contribution in [0.25, 0.3) is 0 Å². The smallest absolute Gasteiger partial charge is 0.237 e. The quantitative estimate of drug-likeness (QED) is 0.894. The SMILES string of the molecule is CNC(C)Cc1noc(C2(c3cccc(Cl)c3)CCCCC2)n1. The molecule has 1 N–H and O–H groups in total. The van der Waals surface area contributed by atoms with Crippen LogP contribution in [0, 0.1) is 0 Å². The van der Waals surface area contributed by atoms with E-state index in [-0.39, 0.29) is 5.41 Å². The summed E-state index contributed by atoms with van der Waals surface area (Å²) in [6.45, 7) is 2.11. The van der Waals surface area contributed by atoms with E-state index in [0.29, 0.717) is 6.04 Å². The molecule has 0 amide bonds. The van der Waals surface area contributed by atoms with Crippen molar-refractivity contribution in [1.82, 2.24) is 15.5 Å². The number of nitrogens with one attached hydrogen (secondary N) is 1. The van der Waals surface area contributed by atoms with E-state index in [9.17, 15) is 0 Å². The topological polar surface area (TPSA) is 51.0 Å². The van der Waals surface area contributed by atoms with Crippen LogP contribution in [0.5, 0.6) is 0 Å². The number of likely N-dealkylation sites (N-methyl/N-ethyl adjacent to an activating group) is 1. The van der Waals surface area contributed by atoms with Crippen LogP contribution in [0.3, 0.4) is 0 Å². The van der Waals surface area contributed by atoms with Gasteiger partial charge in [-0.15, -0.1) is 0 Å². The minimum Gasteiger partial charge on any atom is -0.338 e. The minimum absolute atomic E-state index is 0.183. The van der Waals surface area contributed by atoms with Crippen molar-refractivity contribution in [1.29, 1.82) is 0 Å². The van der Waals surface area contributed by atoms with E-state index in [2.05, 4.69) is 23.5 Å². The summed E-state index contributed by atoms with van der Waals surface area (Å²) in [5.74, 6) is 1.52. The molecule has 0 aliphatic heterocycles. The zero-order valence-corrected chi connectivity index (χ0v) is 14.6. The fourth-order valence-corrected chi connectivity index (χ4v) is 3.66. The molecule has 4 nitrogen and oxygen atoms in total. The lowest BCUT2D eigenvalue weighted by atomic mass is 9.69. The number of halogens is 1. The Hall–Kier alpha value is -1.39. The molecule has 1 aliphatic carbocycles. The monoisotopic (exact) mass is 333 g/mol. The van der Waals surface area contributed by atoms with Crippen LogP contribution in [0.1, 0.15) is 56.3 Å². The van der Waals surface area contributed by atoms with Crippen molar-refractivity contribution in [2.45, 2.75) is 56.9 Å². The second-order valence-electron chi connectivity index (χ2n) is 6.56. The Bertz CT molecular complexity index is 649. The zero-order chi connectivity index (χ0) is 16.3. The Morgan fingerprint density at radius 2 is 2.09 bits per heavy atom. The Balaban J connectivity index is 1.96. The Kier molecular flexibility index (Phi) is 5.02. The number of hydrogen-bond donors (Lipinski definition) is 1. The number of nitrogens with zero attached hydrogens (tertiary/aromatic N) is 2. The van der Waals surface area contributed by atoms with E-state index >= 15 is 0 Å². The van der Waals surface area contributed by atoms with Gasteiger partial charge in [0.2, 0.25) is 5.89 Å². The van der Waals surface area contributed by atoms with Gasteiger partial charge in [0, 0.05) is 17.5 Å². The van der Waals surface area contributed by atoms with Gasteiger partial charge < -0.3 is 9.84 Å². The Morgan fingerprint density at radius 3 is 2.78 bits per heavy atom. The van der Waals surface area contributed by atoms with Crippen LogP contribution in [0.15, 0.2) is 28.8 Å². The molecule has 0 radical (unpaired) electrons. The average molecular weight is 334 g/mol. The molecular weight excluding hydrogens is 310 g/mol. The van der Waals surface area contributed by atoms with Crippen molar-refractivity contribution in [2.24, 2.45) is 0 Å². The molecule has 1 saturated carbocycles. The van der Waals surface area contributed by atoms with Crippen molar-refractivity contribution < 1.29 is 4.52 Å². The molecule has 1 unspecified atom stereocenters. The standard InChI is InChI=1S/C18H24ClN3O/c1-13(20-2)11-16-21-17(23-22-16)18(9-4-3-5-10-18)14-7-6-8-15(19)12-14/h6-8,12-13,20H,3-5,9-11H2,1-2H3. The van der Waals surface area contributed by atoms with Crippen LogP contribution in [0.4, 0.5) is 0 Å². The lowest BCUT2D eigenvalue weighted by Crippen LogP contribution is -2.31. The summed E-state index contributed by atoms with van der Waals surface area (Å²) in [5, 5.41) is 8.19. The third kappa shape index (κ3) is 3.43. The molecule has 1 aromatic heterocycles. The van der Waals surface area contributed by atoms with Crippen LogP contribution in [-0.4, -0.2) is 23.2 Å². The first-order valence-electron chi connectivity index (χ1n) is 8.40. The van der Waals surface area contributed by atoms with Gasteiger partial charge in [-0.1, -0.05) is 48.2 Å². The molecule has 124 valence electrons. The molecule has 3 rings (SSSR count). The van der Waals surface area contributed by atoms with Crippen molar-refractivity contribution in [3.63, 3.8) is 0 Å². The van der Waals surface area contributed by atoms with Gasteiger partial charge in [-0.05, 0) is 44.5 Å². The summed E-state index contributed by atoms with van der Waals surface area (Å²) in [4.78, 5) is 4.74. The molecule has 1 aliphatic rings. The molecular formula is C18H24ClN3O. The summed E-state index contributed by atoms with van der Waals surface area (Å²) >= 11 is 6.23. The van der Waals surface area contributed by atoms with E-state index in [1.807, 2.05) is 25.2 Å². The molecule has 1 atom stereocenters. The van der Waals surface area contributed by atoms with Gasteiger partial charge in [-0.2, -0.15) is 4.98 Å². The predicted molar refractivity (Wildman–Crippen MR) is 91.8 cm³/mol. The van der Waals surface area contributed by atoms with Gasteiger partial charge in [-0.3, -0.25) is 0 Å². The zero-order valence-electron chi connectivity index (χ0n) is 13.8. The Morgan fingerprint density at radius 1 is 1.30 bits per heavy atom. The lowest BCUT2D eigenvalue weighted by molar-refractivity contribution is 0.250. The van der Waals surface area contributed by atoms with Crippen LogP contribution in [0.2, 0.25) is 5.02 Å². The maximum atomic E-state index is 6.23. The maximum absolute atomic E-state index is 6.23. The van der Waals surface area contributed by atoms with Gasteiger partial charge in [0.1, 0.15) is 0 Å². The Labute approximate surface area is 142 Å². The second kappa shape index (κ2) is 7.02. The van der Waals surface area contributed by atoms with E-state index in [1.165, 1.54) is 24.8 Å². The maximum Gasteiger partial charge on any atom is 0.237 e. The van der Waals surface area contributed by atoms with Gasteiger partial charge >= 0.3 is 0 Å². The molecule has 23 heavy (non-hydrogen) atoms. The summed E-state index contributed by atoms with van der Waals surface area (Å²) in [7, 11) is 1.94. The summed E-state index contributed by atoms with van der Waals surface area (Å²) in [5.41, 5.74) is 1.01. The normalized spacial score (nSPS) is 18.7. The highest BCUT2D eigenvalue weighted by Crippen LogP contribution is 2.44. The molecule has 0 bridgehead atoms. The number of hydrogen-bond acceptors (Lipinski definition) is 4. The van der Waals surface area contributed by atoms with E-state index in [4.69, 9.17) is 21.1 Å². The van der Waals surface area contributed by atoms with Crippen LogP contribution in [-0.2, 0) is 11.8 Å². The first-order chi connectivity index (χ1) is 11.1. The molecule has 0 saturated heterocycles. The molecule has 1 aromatic carbocycles. The average Bonchev–Trinajstić information content (AvgIpc) is 3.04. The van der Waals surface area contributed by atoms with Gasteiger partial charge in [0.25, 0.3) is 0 Å². The summed E-state index contributed by atoms with van der Waals surface area (Å²) in [6.07, 6.45) is 6.47. The first kappa shape index (κ1) is 16.5. The minimum atomic E-state index is -0.183. The van der Waals surface area contributed by atoms with Gasteiger partial charge in [0.05, 0.1) is 5.41 Å². The van der Waals surface area contributed by atoms with Gasteiger partial charge in [-0.25, -0.2) is 0 Å². The van der Waals surface area contributed by atoms with Crippen molar-refractivity contribution in [3.05, 3.63) is 46.6 Å². The molecule has 1 heterocycles. The summed E-state index contributed by atoms with van der Waals surface area (Å²) < 4.78 is 5.72. The van der Waals surface area contributed by atoms with E-state index in [1.54, 1.807) is 0 Å². The number of benzene rings is 1. The second-order valence-corrected chi connectivity index (χ2v) is 7.00. The fraction of sp³-hybridized carbons (Fsp3) is 0.556. The largest absolute Gasteiger partial charge is 0.338 e. The number of rotatable bonds is 5. The van der Waals surface area contributed by atoms with Gasteiger partial charge in [0.15, 0.2) is 5.82 Å². The molecule has 5 heteroatoms. The van der Waals surface area contributed by atoms with E-state index < -0.39 is 0 Å². The fourth-order valence-electron chi connectivity index (χ4n) is 3.47. The highest BCUT2D eigenvalue weighted by molar-refractivity contribution is 6.30. The van der Waals surface area contributed by atoms with Crippen LogP contribution >= 0.6 is 11.6 Å². The van der Waals surface area contributed by atoms with E-state index in [0.717, 1.165) is 36.0 Å². The predicted octanol–water partition coefficient (Wildman–Crippen LogP) is 4.12. The molecule has 0 spiro atoms. The first-order valence-corrected chi connectivity index (χ1v) is 8.78. The van der Waals surface area contributed by atoms with Crippen molar-refractivity contribution in [3.8, 4) is 0 Å². The lowest BCUT2D eigenvalue weighted by Gasteiger charge is -2.34. The highest BCUT2D eigenvalue weighted by atomic mass is 35.5. The third-order valence-corrected chi connectivity index (χ3v) is 5.18. The van der Waals surface area contributed by atoms with Crippen molar-refractivity contribution in [2.75, 3.05) is 7.05 Å². The highest BCUT2D eigenvalue weighted by Gasteiger charge is 2.41. The van der Waals surface area contributed by atoms with Crippen LogP contribution < -0.4 is 5.32 Å². The molecule has 2 aromatic rings. The van der Waals surface area contributed by atoms with Crippen molar-refractivity contribution >= 4 is 11.6 Å². The molecule has 1 fully saturated rings. The third-order valence-electron chi connectivity index (χ3n) is 4.94.